The molecule has 0 aliphatic rings. The Hall–Kier alpha value is -3.65. The Morgan fingerprint density at radius 2 is 1.43 bits per heavy atom. The highest BCUT2D eigenvalue weighted by atomic mass is 32.2. The SMILES string of the molecule is CCC(C(=O)NCC(C)C)N(CCc1ccccc1)C(=O)CN(c1ccc(C)cc1)S(=O)(=O)c1ccc(C)cc1. The number of hydrogen-bond acceptors (Lipinski definition) is 4. The molecule has 8 heteroatoms. The summed E-state index contributed by atoms with van der Waals surface area (Å²) in [5.41, 5.74) is 3.32. The van der Waals surface area contributed by atoms with E-state index in [4.69, 9.17) is 0 Å². The van der Waals surface area contributed by atoms with Crippen LogP contribution >= 0.6 is 0 Å². The second kappa shape index (κ2) is 14.1. The number of hydrogen-bond donors (Lipinski definition) is 1. The van der Waals surface area contributed by atoms with E-state index in [1.807, 2.05) is 77.1 Å². The minimum Gasteiger partial charge on any atom is -0.354 e. The Bertz CT molecular complexity index is 1360. The van der Waals surface area contributed by atoms with Gasteiger partial charge in [-0.15, -0.1) is 0 Å². The number of sulfonamides is 1. The standard InChI is InChI=1S/C32H41N3O4S/c1-6-30(32(37)33-22-24(2)3)34(21-20-27-10-8-7-9-11-27)31(36)23-35(28-16-12-25(4)13-17-28)40(38,39)29-18-14-26(5)15-19-29/h7-19,24,30H,6,20-23H2,1-5H3,(H,33,37). The molecule has 1 atom stereocenters. The molecule has 7 nitrogen and oxygen atoms in total. The average Bonchev–Trinajstić information content (AvgIpc) is 2.93. The van der Waals surface area contributed by atoms with E-state index in [-0.39, 0.29) is 23.3 Å². The average molecular weight is 564 g/mol. The minimum atomic E-state index is -4.07. The van der Waals surface area contributed by atoms with Crippen LogP contribution in [0.1, 0.15) is 43.9 Å². The van der Waals surface area contributed by atoms with Gasteiger partial charge in [0.15, 0.2) is 0 Å². The van der Waals surface area contributed by atoms with Crippen LogP contribution in [0.5, 0.6) is 0 Å². The summed E-state index contributed by atoms with van der Waals surface area (Å²) in [6.07, 6.45) is 0.940. The molecule has 214 valence electrons. The van der Waals surface area contributed by atoms with Crippen molar-refractivity contribution in [2.75, 3.05) is 23.9 Å². The maximum absolute atomic E-state index is 14.0. The largest absolute Gasteiger partial charge is 0.354 e. The monoisotopic (exact) mass is 563 g/mol. The molecule has 0 radical (unpaired) electrons. The predicted octanol–water partition coefficient (Wildman–Crippen LogP) is 5.12. The van der Waals surface area contributed by atoms with E-state index in [1.54, 1.807) is 36.4 Å². The predicted molar refractivity (Wildman–Crippen MR) is 161 cm³/mol. The van der Waals surface area contributed by atoms with Gasteiger partial charge in [-0.3, -0.25) is 13.9 Å². The van der Waals surface area contributed by atoms with Gasteiger partial charge in [0.1, 0.15) is 12.6 Å². The van der Waals surface area contributed by atoms with Crippen molar-refractivity contribution < 1.29 is 18.0 Å². The third-order valence-corrected chi connectivity index (χ3v) is 8.55. The van der Waals surface area contributed by atoms with Crippen LogP contribution in [-0.2, 0) is 26.0 Å². The molecular formula is C32H41N3O4S. The Morgan fingerprint density at radius 1 is 0.850 bits per heavy atom. The summed E-state index contributed by atoms with van der Waals surface area (Å²) in [5.74, 6) is -0.411. The molecule has 3 rings (SSSR count). The first-order chi connectivity index (χ1) is 19.0. The van der Waals surface area contributed by atoms with Crippen LogP contribution in [0.2, 0.25) is 0 Å². The van der Waals surface area contributed by atoms with Crippen LogP contribution in [0.15, 0.2) is 83.8 Å². The number of rotatable bonds is 13. The first-order valence-corrected chi connectivity index (χ1v) is 15.2. The van der Waals surface area contributed by atoms with Gasteiger partial charge in [-0.05, 0) is 62.4 Å². The van der Waals surface area contributed by atoms with Gasteiger partial charge in [-0.2, -0.15) is 0 Å². The summed E-state index contributed by atoms with van der Waals surface area (Å²) in [6.45, 7) is 10.0. The van der Waals surface area contributed by atoms with Crippen LogP contribution in [0, 0.1) is 19.8 Å². The summed E-state index contributed by atoms with van der Waals surface area (Å²) >= 11 is 0. The van der Waals surface area contributed by atoms with Crippen LogP contribution in [0.4, 0.5) is 5.69 Å². The zero-order valence-electron chi connectivity index (χ0n) is 24.1. The molecule has 0 saturated heterocycles. The van der Waals surface area contributed by atoms with E-state index < -0.39 is 28.5 Å². The molecule has 0 spiro atoms. The highest BCUT2D eigenvalue weighted by Crippen LogP contribution is 2.25. The van der Waals surface area contributed by atoms with Crippen LogP contribution < -0.4 is 9.62 Å². The van der Waals surface area contributed by atoms with E-state index in [2.05, 4.69) is 5.32 Å². The van der Waals surface area contributed by atoms with E-state index >= 15 is 0 Å². The molecule has 1 N–H and O–H groups in total. The molecule has 0 fully saturated rings. The molecule has 0 aliphatic carbocycles. The van der Waals surface area contributed by atoms with Gasteiger partial charge in [0.25, 0.3) is 10.0 Å². The van der Waals surface area contributed by atoms with Crippen molar-refractivity contribution in [1.29, 1.82) is 0 Å². The van der Waals surface area contributed by atoms with Gasteiger partial charge in [0.05, 0.1) is 10.6 Å². The molecule has 0 saturated carbocycles. The van der Waals surface area contributed by atoms with Crippen molar-refractivity contribution in [1.82, 2.24) is 10.2 Å². The number of carbonyl (C=O) groups excluding carboxylic acids is 2. The molecule has 3 aromatic carbocycles. The lowest BCUT2D eigenvalue weighted by Gasteiger charge is -2.33. The zero-order chi connectivity index (χ0) is 29.3. The summed E-state index contributed by atoms with van der Waals surface area (Å²) in [6, 6.07) is 22.6. The van der Waals surface area contributed by atoms with Crippen molar-refractivity contribution in [2.45, 2.75) is 58.4 Å². The van der Waals surface area contributed by atoms with Crippen LogP contribution in [0.3, 0.4) is 0 Å². The maximum Gasteiger partial charge on any atom is 0.264 e. The fourth-order valence-electron chi connectivity index (χ4n) is 4.40. The molecule has 2 amide bonds. The number of anilines is 1. The second-order valence-electron chi connectivity index (χ2n) is 10.5. The van der Waals surface area contributed by atoms with Gasteiger partial charge in [-0.25, -0.2) is 8.42 Å². The van der Waals surface area contributed by atoms with E-state index in [9.17, 15) is 18.0 Å². The fourth-order valence-corrected chi connectivity index (χ4v) is 5.81. The van der Waals surface area contributed by atoms with E-state index in [0.29, 0.717) is 25.1 Å². The lowest BCUT2D eigenvalue weighted by atomic mass is 10.1. The summed E-state index contributed by atoms with van der Waals surface area (Å²) in [4.78, 5) is 28.9. The van der Waals surface area contributed by atoms with Gasteiger partial charge >= 0.3 is 0 Å². The second-order valence-corrected chi connectivity index (χ2v) is 12.4. The number of benzene rings is 3. The highest BCUT2D eigenvalue weighted by molar-refractivity contribution is 7.92. The lowest BCUT2D eigenvalue weighted by molar-refractivity contribution is -0.139. The van der Waals surface area contributed by atoms with Gasteiger partial charge < -0.3 is 10.2 Å². The zero-order valence-corrected chi connectivity index (χ0v) is 24.9. The van der Waals surface area contributed by atoms with Gasteiger partial charge in [-0.1, -0.05) is 86.5 Å². The Labute approximate surface area is 239 Å². The number of nitrogens with zero attached hydrogens (tertiary/aromatic N) is 2. The Kier molecular flexibility index (Phi) is 10.9. The van der Waals surface area contributed by atoms with Crippen molar-refractivity contribution in [2.24, 2.45) is 5.92 Å². The van der Waals surface area contributed by atoms with E-state index in [0.717, 1.165) is 21.0 Å². The molecule has 0 aromatic heterocycles. The van der Waals surface area contributed by atoms with Crippen molar-refractivity contribution in [3.05, 3.63) is 95.6 Å². The van der Waals surface area contributed by atoms with Gasteiger partial charge in [0.2, 0.25) is 11.8 Å². The number of amides is 2. The molecular weight excluding hydrogens is 522 g/mol. The third-order valence-electron chi connectivity index (χ3n) is 6.76. The van der Waals surface area contributed by atoms with Crippen molar-refractivity contribution in [3.63, 3.8) is 0 Å². The lowest BCUT2D eigenvalue weighted by Crippen LogP contribution is -2.53. The summed E-state index contributed by atoms with van der Waals surface area (Å²) in [5, 5.41) is 2.95. The maximum atomic E-state index is 14.0. The first kappa shape index (κ1) is 30.9. The molecule has 0 heterocycles. The summed E-state index contributed by atoms with van der Waals surface area (Å²) < 4.78 is 28.9. The number of carbonyl (C=O) groups is 2. The highest BCUT2D eigenvalue weighted by Gasteiger charge is 2.33. The quantitative estimate of drug-likeness (QED) is 0.313. The minimum absolute atomic E-state index is 0.101. The van der Waals surface area contributed by atoms with Crippen molar-refractivity contribution >= 4 is 27.5 Å². The van der Waals surface area contributed by atoms with Crippen LogP contribution in [-0.4, -0.2) is 50.8 Å². The topological polar surface area (TPSA) is 86.8 Å². The van der Waals surface area contributed by atoms with Gasteiger partial charge in [0, 0.05) is 13.1 Å². The van der Waals surface area contributed by atoms with E-state index in [1.165, 1.54) is 4.90 Å². The third kappa shape index (κ3) is 8.18. The first-order valence-electron chi connectivity index (χ1n) is 13.8. The molecule has 3 aromatic rings. The normalized spacial score (nSPS) is 12.2. The number of nitrogens with one attached hydrogen (secondary N) is 1. The fraction of sp³-hybridized carbons (Fsp3) is 0.375. The summed E-state index contributed by atoms with van der Waals surface area (Å²) in [7, 11) is -4.07. The molecule has 1 unspecified atom stereocenters. The van der Waals surface area contributed by atoms with Crippen LogP contribution in [0.25, 0.3) is 0 Å². The molecule has 40 heavy (non-hydrogen) atoms. The Morgan fingerprint density at radius 3 is 1.98 bits per heavy atom. The Balaban J connectivity index is 1.99. The smallest absolute Gasteiger partial charge is 0.264 e. The molecule has 0 bridgehead atoms. The number of aryl methyl sites for hydroxylation is 2. The van der Waals surface area contributed by atoms with Crippen molar-refractivity contribution in [3.8, 4) is 0 Å². The molecule has 0 aliphatic heterocycles.